The smallest absolute Gasteiger partial charge is 0.00680 e. The van der Waals surface area contributed by atoms with Gasteiger partial charge in [-0.15, -0.1) is 0 Å². The summed E-state index contributed by atoms with van der Waals surface area (Å²) >= 11 is 0. The summed E-state index contributed by atoms with van der Waals surface area (Å²) in [6.45, 7) is 8.67. The quantitative estimate of drug-likeness (QED) is 0.827. The van der Waals surface area contributed by atoms with E-state index in [1.165, 1.54) is 58.2 Å². The molecule has 1 heterocycles. The molecule has 2 nitrogen and oxygen atoms in total. The highest BCUT2D eigenvalue weighted by Crippen LogP contribution is 2.28. The van der Waals surface area contributed by atoms with E-state index >= 15 is 0 Å². The molecule has 1 saturated heterocycles. The van der Waals surface area contributed by atoms with Crippen molar-refractivity contribution in [3.8, 4) is 0 Å². The second kappa shape index (κ2) is 6.91. The molecule has 2 fully saturated rings. The van der Waals surface area contributed by atoms with Gasteiger partial charge in [-0.3, -0.25) is 0 Å². The van der Waals surface area contributed by atoms with Gasteiger partial charge in [-0.1, -0.05) is 19.8 Å². The van der Waals surface area contributed by atoms with Crippen LogP contribution in [-0.2, 0) is 0 Å². The Hall–Kier alpha value is -0.0800. The molecule has 0 aromatic heterocycles. The molecular formula is C16H32N2. The summed E-state index contributed by atoms with van der Waals surface area (Å²) < 4.78 is 0. The molecule has 3 unspecified atom stereocenters. The Morgan fingerprint density at radius 3 is 2.56 bits per heavy atom. The Morgan fingerprint density at radius 1 is 1.17 bits per heavy atom. The molecule has 2 aliphatic rings. The summed E-state index contributed by atoms with van der Waals surface area (Å²) in [5.41, 5.74) is 0. The number of nitrogens with zero attached hydrogens (tertiary/aromatic N) is 1. The Balaban J connectivity index is 1.66. The zero-order valence-corrected chi connectivity index (χ0v) is 12.6. The molecule has 1 aliphatic heterocycles. The first-order valence-electron chi connectivity index (χ1n) is 8.07. The SMILES string of the molecule is CC1CCCC(CNC(C)C2CCN(C)CC2)C1. The molecule has 1 aliphatic carbocycles. The molecule has 106 valence electrons. The third-order valence-electron chi connectivity index (χ3n) is 5.24. The van der Waals surface area contributed by atoms with Gasteiger partial charge < -0.3 is 10.2 Å². The average Bonchev–Trinajstić information content (AvgIpc) is 2.37. The van der Waals surface area contributed by atoms with E-state index in [9.17, 15) is 0 Å². The highest BCUT2D eigenvalue weighted by molar-refractivity contribution is 4.80. The molecule has 3 atom stereocenters. The first-order valence-corrected chi connectivity index (χ1v) is 8.07. The zero-order chi connectivity index (χ0) is 13.0. The van der Waals surface area contributed by atoms with Crippen molar-refractivity contribution in [1.82, 2.24) is 10.2 Å². The number of nitrogens with one attached hydrogen (secondary N) is 1. The van der Waals surface area contributed by atoms with Crippen LogP contribution in [0.4, 0.5) is 0 Å². The van der Waals surface area contributed by atoms with Gasteiger partial charge in [0.25, 0.3) is 0 Å². The lowest BCUT2D eigenvalue weighted by Gasteiger charge is -2.34. The fourth-order valence-corrected chi connectivity index (χ4v) is 3.79. The van der Waals surface area contributed by atoms with Crippen LogP contribution in [0.3, 0.4) is 0 Å². The van der Waals surface area contributed by atoms with E-state index in [1.54, 1.807) is 0 Å². The molecule has 0 aromatic rings. The molecule has 1 saturated carbocycles. The molecule has 18 heavy (non-hydrogen) atoms. The number of hydrogen-bond acceptors (Lipinski definition) is 2. The van der Waals surface area contributed by atoms with E-state index in [0.29, 0.717) is 0 Å². The Bertz CT molecular complexity index is 233. The number of likely N-dealkylation sites (tertiary alicyclic amines) is 1. The fraction of sp³-hybridized carbons (Fsp3) is 1.00. The molecule has 0 spiro atoms. The third-order valence-corrected chi connectivity index (χ3v) is 5.24. The summed E-state index contributed by atoms with van der Waals surface area (Å²) in [5, 5.41) is 3.84. The highest BCUT2D eigenvalue weighted by atomic mass is 15.1. The van der Waals surface area contributed by atoms with E-state index in [-0.39, 0.29) is 0 Å². The van der Waals surface area contributed by atoms with Gasteiger partial charge in [-0.2, -0.15) is 0 Å². The summed E-state index contributed by atoms with van der Waals surface area (Å²) in [7, 11) is 2.25. The van der Waals surface area contributed by atoms with E-state index in [1.807, 2.05) is 0 Å². The lowest BCUT2D eigenvalue weighted by atomic mass is 9.82. The van der Waals surface area contributed by atoms with E-state index in [2.05, 4.69) is 31.1 Å². The van der Waals surface area contributed by atoms with Gasteiger partial charge in [0, 0.05) is 6.04 Å². The van der Waals surface area contributed by atoms with Crippen LogP contribution in [0, 0.1) is 17.8 Å². The van der Waals surface area contributed by atoms with Crippen LogP contribution in [0.15, 0.2) is 0 Å². The maximum Gasteiger partial charge on any atom is 0.00680 e. The van der Waals surface area contributed by atoms with Crippen molar-refractivity contribution in [3.63, 3.8) is 0 Å². The minimum absolute atomic E-state index is 0.718. The van der Waals surface area contributed by atoms with E-state index in [4.69, 9.17) is 0 Å². The molecule has 2 rings (SSSR count). The summed E-state index contributed by atoms with van der Waals surface area (Å²) in [5.74, 6) is 2.81. The maximum atomic E-state index is 3.84. The monoisotopic (exact) mass is 252 g/mol. The van der Waals surface area contributed by atoms with Gasteiger partial charge in [0.15, 0.2) is 0 Å². The highest BCUT2D eigenvalue weighted by Gasteiger charge is 2.24. The van der Waals surface area contributed by atoms with E-state index in [0.717, 1.165) is 23.8 Å². The van der Waals surface area contributed by atoms with Crippen molar-refractivity contribution in [2.45, 2.75) is 58.4 Å². The fourth-order valence-electron chi connectivity index (χ4n) is 3.79. The predicted octanol–water partition coefficient (Wildman–Crippen LogP) is 3.13. The molecule has 0 bridgehead atoms. The van der Waals surface area contributed by atoms with Crippen LogP contribution in [0.5, 0.6) is 0 Å². The van der Waals surface area contributed by atoms with Crippen molar-refractivity contribution >= 4 is 0 Å². The first kappa shape index (κ1) is 14.3. The van der Waals surface area contributed by atoms with Gasteiger partial charge in [0.2, 0.25) is 0 Å². The molecule has 0 aromatic carbocycles. The summed E-state index contributed by atoms with van der Waals surface area (Å²) in [6.07, 6.45) is 8.58. The van der Waals surface area contributed by atoms with Crippen LogP contribution < -0.4 is 5.32 Å². The van der Waals surface area contributed by atoms with Crippen molar-refractivity contribution in [3.05, 3.63) is 0 Å². The zero-order valence-electron chi connectivity index (χ0n) is 12.6. The van der Waals surface area contributed by atoms with Crippen molar-refractivity contribution in [2.75, 3.05) is 26.7 Å². The standard InChI is InChI=1S/C16H32N2/c1-13-5-4-6-15(11-13)12-17-14(2)16-7-9-18(3)10-8-16/h13-17H,4-12H2,1-3H3. The van der Waals surface area contributed by atoms with Crippen LogP contribution in [0.2, 0.25) is 0 Å². The van der Waals surface area contributed by atoms with Gasteiger partial charge in [0.05, 0.1) is 0 Å². The van der Waals surface area contributed by atoms with Gasteiger partial charge in [-0.25, -0.2) is 0 Å². The maximum absolute atomic E-state index is 3.84. The molecule has 2 heteroatoms. The van der Waals surface area contributed by atoms with Crippen molar-refractivity contribution < 1.29 is 0 Å². The lowest BCUT2D eigenvalue weighted by Crippen LogP contribution is -2.42. The topological polar surface area (TPSA) is 15.3 Å². The number of piperidine rings is 1. The van der Waals surface area contributed by atoms with Gasteiger partial charge in [-0.05, 0) is 77.0 Å². The molecule has 0 radical (unpaired) electrons. The third kappa shape index (κ3) is 4.24. The molecule has 1 N–H and O–H groups in total. The second-order valence-corrected chi connectivity index (χ2v) is 6.98. The Labute approximate surface area is 114 Å². The predicted molar refractivity (Wildman–Crippen MR) is 78.8 cm³/mol. The Kier molecular flexibility index (Phi) is 5.50. The molecule has 0 amide bonds. The Morgan fingerprint density at radius 2 is 1.89 bits per heavy atom. The largest absolute Gasteiger partial charge is 0.314 e. The first-order chi connectivity index (χ1) is 8.65. The normalized spacial score (nSPS) is 33.5. The minimum atomic E-state index is 0.718. The van der Waals surface area contributed by atoms with Gasteiger partial charge in [0.1, 0.15) is 0 Å². The number of rotatable bonds is 4. The van der Waals surface area contributed by atoms with Crippen LogP contribution in [-0.4, -0.2) is 37.6 Å². The van der Waals surface area contributed by atoms with Crippen LogP contribution >= 0.6 is 0 Å². The average molecular weight is 252 g/mol. The van der Waals surface area contributed by atoms with Crippen molar-refractivity contribution in [2.24, 2.45) is 17.8 Å². The minimum Gasteiger partial charge on any atom is -0.314 e. The van der Waals surface area contributed by atoms with E-state index < -0.39 is 0 Å². The summed E-state index contributed by atoms with van der Waals surface area (Å²) in [4.78, 5) is 2.46. The second-order valence-electron chi connectivity index (χ2n) is 6.98. The van der Waals surface area contributed by atoms with Crippen LogP contribution in [0.25, 0.3) is 0 Å². The number of hydrogen-bond donors (Lipinski definition) is 1. The summed E-state index contributed by atoms with van der Waals surface area (Å²) in [6, 6.07) is 0.718. The lowest BCUT2D eigenvalue weighted by molar-refractivity contribution is 0.181. The molecular weight excluding hydrogens is 220 g/mol. The van der Waals surface area contributed by atoms with Crippen molar-refractivity contribution in [1.29, 1.82) is 0 Å². The van der Waals surface area contributed by atoms with Gasteiger partial charge >= 0.3 is 0 Å². The van der Waals surface area contributed by atoms with Crippen LogP contribution in [0.1, 0.15) is 52.4 Å².